The molecule has 22 heavy (non-hydrogen) atoms. The Balaban J connectivity index is 1.92. The van der Waals surface area contributed by atoms with E-state index in [2.05, 4.69) is 0 Å². The van der Waals surface area contributed by atoms with Crippen LogP contribution in [-0.4, -0.2) is 25.9 Å². The zero-order valence-electron chi connectivity index (χ0n) is 13.3. The second-order valence-electron chi connectivity index (χ2n) is 5.65. The Morgan fingerprint density at radius 1 is 0.864 bits per heavy atom. The lowest BCUT2D eigenvalue weighted by atomic mass is 10.1. The van der Waals surface area contributed by atoms with Crippen LogP contribution in [0.15, 0.2) is 48.5 Å². The summed E-state index contributed by atoms with van der Waals surface area (Å²) in [6.07, 6.45) is 0. The molecule has 0 aliphatic carbocycles. The number of nitrogens with two attached hydrogens (primary N) is 1. The molecule has 0 spiro atoms. The minimum atomic E-state index is -0.608. The maximum absolute atomic E-state index is 6.26. The minimum absolute atomic E-state index is 0.333. The van der Waals surface area contributed by atoms with Crippen LogP contribution in [0.3, 0.4) is 0 Å². The zero-order valence-corrected chi connectivity index (χ0v) is 13.3. The number of hydrogen-bond acceptors (Lipinski definition) is 4. The monoisotopic (exact) mass is 301 g/mol. The van der Waals surface area contributed by atoms with Gasteiger partial charge in [0.1, 0.15) is 19.0 Å². The Morgan fingerprint density at radius 3 is 1.95 bits per heavy atom. The van der Waals surface area contributed by atoms with Crippen molar-refractivity contribution in [3.8, 4) is 17.2 Å². The number of hydrogen-bond donors (Lipinski definition) is 1. The normalized spacial score (nSPS) is 13.3. The molecule has 0 saturated heterocycles. The van der Waals surface area contributed by atoms with Crippen LogP contribution < -0.4 is 19.9 Å². The predicted molar refractivity (Wildman–Crippen MR) is 87.8 cm³/mol. The zero-order chi connectivity index (χ0) is 16.0. The number of ether oxygens (including phenoxy) is 3. The van der Waals surface area contributed by atoms with Gasteiger partial charge in [0.15, 0.2) is 11.5 Å². The first kappa shape index (κ1) is 16.2. The first-order chi connectivity index (χ1) is 10.5. The molecule has 4 heteroatoms. The molecule has 2 aromatic rings. The Morgan fingerprint density at radius 2 is 1.36 bits per heavy atom. The molecule has 1 atom stereocenters. The van der Waals surface area contributed by atoms with E-state index in [1.54, 1.807) is 7.11 Å². The number of benzene rings is 2. The summed E-state index contributed by atoms with van der Waals surface area (Å²) in [7, 11) is 1.62. The summed E-state index contributed by atoms with van der Waals surface area (Å²) in [4.78, 5) is 0. The predicted octanol–water partition coefficient (Wildman–Crippen LogP) is 3.18. The van der Waals surface area contributed by atoms with Crippen molar-refractivity contribution >= 4 is 0 Å². The SMILES string of the molecule is COc1ccccc1OCC(C)(N)COc1ccccc1C. The van der Waals surface area contributed by atoms with Gasteiger partial charge in [-0.25, -0.2) is 0 Å². The summed E-state index contributed by atoms with van der Waals surface area (Å²) in [5.41, 5.74) is 6.74. The highest BCUT2D eigenvalue weighted by Gasteiger charge is 2.22. The molecule has 0 fully saturated rings. The second kappa shape index (κ2) is 7.18. The molecule has 2 rings (SSSR count). The average Bonchev–Trinajstić information content (AvgIpc) is 2.52. The van der Waals surface area contributed by atoms with Crippen molar-refractivity contribution in [2.75, 3.05) is 20.3 Å². The van der Waals surface area contributed by atoms with E-state index in [0.717, 1.165) is 11.3 Å². The summed E-state index contributed by atoms with van der Waals surface area (Å²) in [5, 5.41) is 0. The molecule has 1 unspecified atom stereocenters. The van der Waals surface area contributed by atoms with Crippen LogP contribution in [0.25, 0.3) is 0 Å². The van der Waals surface area contributed by atoms with Crippen molar-refractivity contribution in [3.63, 3.8) is 0 Å². The fourth-order valence-electron chi connectivity index (χ4n) is 1.98. The lowest BCUT2D eigenvalue weighted by molar-refractivity contribution is 0.156. The van der Waals surface area contributed by atoms with Gasteiger partial charge in [0.05, 0.1) is 12.6 Å². The smallest absolute Gasteiger partial charge is 0.161 e. The Hall–Kier alpha value is -2.20. The third-order valence-corrected chi connectivity index (χ3v) is 3.28. The standard InChI is InChI=1S/C18H23NO3/c1-14-8-4-5-9-15(14)21-12-18(2,19)13-22-17-11-7-6-10-16(17)20-3/h4-11H,12-13,19H2,1-3H3. The lowest BCUT2D eigenvalue weighted by Gasteiger charge is -2.25. The Bertz CT molecular complexity index is 611. The van der Waals surface area contributed by atoms with Gasteiger partial charge in [0.2, 0.25) is 0 Å². The molecule has 2 N–H and O–H groups in total. The molecule has 0 aromatic heterocycles. The van der Waals surface area contributed by atoms with Crippen molar-refractivity contribution in [2.24, 2.45) is 5.73 Å². The molecule has 0 aliphatic rings. The van der Waals surface area contributed by atoms with Gasteiger partial charge >= 0.3 is 0 Å². The number of rotatable bonds is 7. The molecule has 4 nitrogen and oxygen atoms in total. The average molecular weight is 301 g/mol. The Labute approximate surface area is 131 Å². The van der Waals surface area contributed by atoms with E-state index < -0.39 is 5.54 Å². The molecule has 0 heterocycles. The molecule has 0 amide bonds. The van der Waals surface area contributed by atoms with E-state index in [-0.39, 0.29) is 0 Å². The number of para-hydroxylation sites is 3. The molecule has 0 radical (unpaired) electrons. The molecule has 0 saturated carbocycles. The highest BCUT2D eigenvalue weighted by molar-refractivity contribution is 5.39. The summed E-state index contributed by atoms with van der Waals surface area (Å²) in [6.45, 7) is 4.61. The lowest BCUT2D eigenvalue weighted by Crippen LogP contribution is -2.47. The highest BCUT2D eigenvalue weighted by atomic mass is 16.5. The van der Waals surface area contributed by atoms with Crippen molar-refractivity contribution in [2.45, 2.75) is 19.4 Å². The summed E-state index contributed by atoms with van der Waals surface area (Å²) >= 11 is 0. The molecule has 0 aliphatic heterocycles. The van der Waals surface area contributed by atoms with Crippen molar-refractivity contribution in [1.29, 1.82) is 0 Å². The maximum atomic E-state index is 6.26. The second-order valence-corrected chi connectivity index (χ2v) is 5.65. The van der Waals surface area contributed by atoms with E-state index in [4.69, 9.17) is 19.9 Å². The van der Waals surface area contributed by atoms with Crippen LogP contribution in [-0.2, 0) is 0 Å². The fourth-order valence-corrected chi connectivity index (χ4v) is 1.98. The Kier molecular flexibility index (Phi) is 5.28. The van der Waals surface area contributed by atoms with Gasteiger partial charge in [-0.15, -0.1) is 0 Å². The molecular weight excluding hydrogens is 278 g/mol. The summed E-state index contributed by atoms with van der Waals surface area (Å²) in [6, 6.07) is 15.4. The third-order valence-electron chi connectivity index (χ3n) is 3.28. The molecular formula is C18H23NO3. The van der Waals surface area contributed by atoms with Gasteiger partial charge in [-0.1, -0.05) is 30.3 Å². The van der Waals surface area contributed by atoms with Crippen molar-refractivity contribution in [1.82, 2.24) is 0 Å². The number of aryl methyl sites for hydroxylation is 1. The first-order valence-electron chi connectivity index (χ1n) is 7.25. The van der Waals surface area contributed by atoms with Gasteiger partial charge < -0.3 is 19.9 Å². The van der Waals surface area contributed by atoms with Gasteiger partial charge in [0.25, 0.3) is 0 Å². The third kappa shape index (κ3) is 4.40. The minimum Gasteiger partial charge on any atom is -0.493 e. The van der Waals surface area contributed by atoms with Crippen LogP contribution >= 0.6 is 0 Å². The van der Waals surface area contributed by atoms with E-state index in [1.165, 1.54) is 0 Å². The van der Waals surface area contributed by atoms with E-state index in [9.17, 15) is 0 Å². The van der Waals surface area contributed by atoms with E-state index in [0.29, 0.717) is 24.7 Å². The summed E-state index contributed by atoms with van der Waals surface area (Å²) < 4.78 is 16.9. The van der Waals surface area contributed by atoms with E-state index >= 15 is 0 Å². The number of methoxy groups -OCH3 is 1. The fraction of sp³-hybridized carbons (Fsp3) is 0.333. The largest absolute Gasteiger partial charge is 0.493 e. The molecule has 2 aromatic carbocycles. The quantitative estimate of drug-likeness (QED) is 0.853. The first-order valence-corrected chi connectivity index (χ1v) is 7.25. The van der Waals surface area contributed by atoms with Crippen LogP contribution in [0.2, 0.25) is 0 Å². The van der Waals surface area contributed by atoms with Crippen LogP contribution in [0.5, 0.6) is 17.2 Å². The topological polar surface area (TPSA) is 53.7 Å². The molecule has 118 valence electrons. The van der Waals surface area contributed by atoms with Gasteiger partial charge in [0, 0.05) is 0 Å². The molecule has 0 bridgehead atoms. The van der Waals surface area contributed by atoms with E-state index in [1.807, 2.05) is 62.4 Å². The van der Waals surface area contributed by atoms with Gasteiger partial charge in [-0.2, -0.15) is 0 Å². The highest BCUT2D eigenvalue weighted by Crippen LogP contribution is 2.26. The summed E-state index contributed by atoms with van der Waals surface area (Å²) in [5.74, 6) is 2.21. The van der Waals surface area contributed by atoms with Crippen LogP contribution in [0, 0.1) is 6.92 Å². The van der Waals surface area contributed by atoms with Crippen molar-refractivity contribution in [3.05, 3.63) is 54.1 Å². The van der Waals surface area contributed by atoms with Crippen molar-refractivity contribution < 1.29 is 14.2 Å². The van der Waals surface area contributed by atoms with Gasteiger partial charge in [-0.3, -0.25) is 0 Å². The van der Waals surface area contributed by atoms with Crippen LogP contribution in [0.1, 0.15) is 12.5 Å². The van der Waals surface area contributed by atoms with Gasteiger partial charge in [-0.05, 0) is 37.6 Å². The van der Waals surface area contributed by atoms with Crippen LogP contribution in [0.4, 0.5) is 0 Å². The maximum Gasteiger partial charge on any atom is 0.161 e.